The van der Waals surface area contributed by atoms with Crippen LogP contribution in [0.1, 0.15) is 19.3 Å². The summed E-state index contributed by atoms with van der Waals surface area (Å²) in [4.78, 5) is 12.0. The lowest BCUT2D eigenvalue weighted by Gasteiger charge is -2.19. The minimum atomic E-state index is -0.325. The second-order valence-corrected chi connectivity index (χ2v) is 4.89. The lowest BCUT2D eigenvalue weighted by atomic mass is 9.88. The highest BCUT2D eigenvalue weighted by atomic mass is 19.1. The number of hydrogen-bond donors (Lipinski definition) is 2. The third-order valence-corrected chi connectivity index (χ3v) is 3.73. The van der Waals surface area contributed by atoms with Crippen molar-refractivity contribution in [3.05, 3.63) is 30.1 Å². The molecular formula is C13H15FN2O. The van der Waals surface area contributed by atoms with Crippen molar-refractivity contribution in [2.45, 2.75) is 31.3 Å². The summed E-state index contributed by atoms with van der Waals surface area (Å²) in [6, 6.07) is 6.84. The molecule has 1 aromatic rings. The molecule has 0 aliphatic carbocycles. The van der Waals surface area contributed by atoms with Crippen LogP contribution in [0.4, 0.5) is 10.1 Å². The fraction of sp³-hybridized carbons (Fsp3) is 0.462. The minimum absolute atomic E-state index is 0.00954. The molecule has 2 fully saturated rings. The molecule has 0 spiro atoms. The molecule has 0 aromatic heterocycles. The van der Waals surface area contributed by atoms with Gasteiger partial charge in [0.05, 0.1) is 5.92 Å². The van der Waals surface area contributed by atoms with E-state index in [1.165, 1.54) is 18.6 Å². The Hall–Kier alpha value is -1.42. The SMILES string of the molecule is O=C(Nc1cccc(F)c1)C1CC2CCC1N2. The van der Waals surface area contributed by atoms with E-state index in [1.54, 1.807) is 12.1 Å². The van der Waals surface area contributed by atoms with Crippen LogP contribution in [0.2, 0.25) is 0 Å². The number of fused-ring (bicyclic) bond motifs is 2. The molecule has 4 heteroatoms. The van der Waals surface area contributed by atoms with E-state index in [9.17, 15) is 9.18 Å². The third-order valence-electron chi connectivity index (χ3n) is 3.73. The number of nitrogens with one attached hydrogen (secondary N) is 2. The number of benzene rings is 1. The van der Waals surface area contributed by atoms with Crippen molar-refractivity contribution >= 4 is 11.6 Å². The van der Waals surface area contributed by atoms with Gasteiger partial charge >= 0.3 is 0 Å². The molecule has 17 heavy (non-hydrogen) atoms. The summed E-state index contributed by atoms with van der Waals surface area (Å²) < 4.78 is 13.0. The number of anilines is 1. The van der Waals surface area contributed by atoms with Crippen molar-refractivity contribution in [2.24, 2.45) is 5.92 Å². The van der Waals surface area contributed by atoms with Crippen LogP contribution in [0.3, 0.4) is 0 Å². The van der Waals surface area contributed by atoms with Crippen LogP contribution >= 0.6 is 0 Å². The highest BCUT2D eigenvalue weighted by Gasteiger charge is 2.42. The Morgan fingerprint density at radius 2 is 2.29 bits per heavy atom. The predicted molar refractivity (Wildman–Crippen MR) is 63.1 cm³/mol. The maximum Gasteiger partial charge on any atom is 0.229 e. The Morgan fingerprint density at radius 1 is 1.41 bits per heavy atom. The highest BCUT2D eigenvalue weighted by Crippen LogP contribution is 2.33. The lowest BCUT2D eigenvalue weighted by Crippen LogP contribution is -2.32. The highest BCUT2D eigenvalue weighted by molar-refractivity contribution is 5.93. The minimum Gasteiger partial charge on any atom is -0.326 e. The number of hydrogen-bond acceptors (Lipinski definition) is 2. The monoisotopic (exact) mass is 234 g/mol. The summed E-state index contributed by atoms with van der Waals surface area (Å²) >= 11 is 0. The molecule has 2 aliphatic heterocycles. The van der Waals surface area contributed by atoms with Crippen LogP contribution in [0.25, 0.3) is 0 Å². The van der Waals surface area contributed by atoms with Gasteiger partial charge in [-0.1, -0.05) is 6.07 Å². The molecule has 2 aliphatic rings. The fourth-order valence-electron chi connectivity index (χ4n) is 2.92. The van der Waals surface area contributed by atoms with Gasteiger partial charge in [-0.2, -0.15) is 0 Å². The first-order valence-corrected chi connectivity index (χ1v) is 6.05. The van der Waals surface area contributed by atoms with Gasteiger partial charge < -0.3 is 10.6 Å². The molecule has 2 N–H and O–H groups in total. The summed E-state index contributed by atoms with van der Waals surface area (Å²) in [7, 11) is 0. The van der Waals surface area contributed by atoms with Crippen molar-refractivity contribution in [1.29, 1.82) is 0 Å². The molecule has 3 nitrogen and oxygen atoms in total. The van der Waals surface area contributed by atoms with Crippen LogP contribution in [-0.4, -0.2) is 18.0 Å². The first-order chi connectivity index (χ1) is 8.22. The normalized spacial score (nSPS) is 30.5. The summed E-state index contributed by atoms with van der Waals surface area (Å²) in [5.41, 5.74) is 0.540. The Labute approximate surface area is 99.4 Å². The third kappa shape index (κ3) is 2.05. The lowest BCUT2D eigenvalue weighted by molar-refractivity contribution is -0.120. The standard InChI is InChI=1S/C13H15FN2O/c14-8-2-1-3-9(6-8)16-13(17)11-7-10-4-5-12(11)15-10/h1-3,6,10-12,15H,4-5,7H2,(H,16,17). The summed E-state index contributed by atoms with van der Waals surface area (Å²) in [5, 5.41) is 6.21. The average molecular weight is 234 g/mol. The summed E-state index contributed by atoms with van der Waals surface area (Å²) in [5.74, 6) is -0.277. The van der Waals surface area contributed by atoms with E-state index in [0.29, 0.717) is 17.8 Å². The van der Waals surface area contributed by atoms with Crippen molar-refractivity contribution in [1.82, 2.24) is 5.32 Å². The maximum atomic E-state index is 13.0. The van der Waals surface area contributed by atoms with Gasteiger partial charge in [-0.3, -0.25) is 4.79 Å². The number of amides is 1. The van der Waals surface area contributed by atoms with E-state index < -0.39 is 0 Å². The van der Waals surface area contributed by atoms with E-state index in [2.05, 4.69) is 10.6 Å². The molecule has 3 unspecified atom stereocenters. The molecular weight excluding hydrogens is 219 g/mol. The molecule has 90 valence electrons. The van der Waals surface area contributed by atoms with Crippen LogP contribution in [0.15, 0.2) is 24.3 Å². The number of carbonyl (C=O) groups excluding carboxylic acids is 1. The predicted octanol–water partition coefficient (Wildman–Crippen LogP) is 1.90. The number of carbonyl (C=O) groups is 1. The van der Waals surface area contributed by atoms with Gasteiger partial charge in [0, 0.05) is 17.8 Å². The zero-order valence-electron chi connectivity index (χ0n) is 9.45. The second kappa shape index (κ2) is 4.11. The van der Waals surface area contributed by atoms with Crippen molar-refractivity contribution in [3.63, 3.8) is 0 Å². The molecule has 1 amide bonds. The van der Waals surface area contributed by atoms with Gasteiger partial charge in [0.1, 0.15) is 5.82 Å². The van der Waals surface area contributed by atoms with Gasteiger partial charge in [0.15, 0.2) is 0 Å². The van der Waals surface area contributed by atoms with Gasteiger partial charge in [0.2, 0.25) is 5.91 Å². The quantitative estimate of drug-likeness (QED) is 0.820. The van der Waals surface area contributed by atoms with Crippen LogP contribution in [0, 0.1) is 11.7 Å². The Morgan fingerprint density at radius 3 is 2.94 bits per heavy atom. The molecule has 1 aromatic carbocycles. The zero-order valence-corrected chi connectivity index (χ0v) is 9.45. The first kappa shape index (κ1) is 10.7. The van der Waals surface area contributed by atoms with E-state index in [0.717, 1.165) is 12.8 Å². The van der Waals surface area contributed by atoms with Crippen LogP contribution < -0.4 is 10.6 Å². The summed E-state index contributed by atoms with van der Waals surface area (Å²) in [6.45, 7) is 0. The van der Waals surface area contributed by atoms with Gasteiger partial charge in [-0.15, -0.1) is 0 Å². The Bertz CT molecular complexity index is 449. The number of rotatable bonds is 2. The molecule has 3 atom stereocenters. The largest absolute Gasteiger partial charge is 0.326 e. The Balaban J connectivity index is 1.68. The first-order valence-electron chi connectivity index (χ1n) is 6.05. The van der Waals surface area contributed by atoms with Crippen LogP contribution in [-0.2, 0) is 4.79 Å². The van der Waals surface area contributed by atoms with Crippen molar-refractivity contribution in [3.8, 4) is 0 Å². The van der Waals surface area contributed by atoms with E-state index in [1.807, 2.05) is 0 Å². The van der Waals surface area contributed by atoms with Gasteiger partial charge in [-0.05, 0) is 37.5 Å². The van der Waals surface area contributed by atoms with E-state index in [-0.39, 0.29) is 17.6 Å². The maximum absolute atomic E-state index is 13.0. The van der Waals surface area contributed by atoms with Crippen LogP contribution in [0.5, 0.6) is 0 Å². The summed E-state index contributed by atoms with van der Waals surface area (Å²) in [6.07, 6.45) is 3.16. The topological polar surface area (TPSA) is 41.1 Å². The fourth-order valence-corrected chi connectivity index (χ4v) is 2.92. The molecule has 2 heterocycles. The second-order valence-electron chi connectivity index (χ2n) is 4.89. The zero-order chi connectivity index (χ0) is 11.8. The Kier molecular flexibility index (Phi) is 2.59. The number of halogens is 1. The molecule has 3 rings (SSSR count). The van der Waals surface area contributed by atoms with Crippen molar-refractivity contribution in [2.75, 3.05) is 5.32 Å². The van der Waals surface area contributed by atoms with Gasteiger partial charge in [-0.25, -0.2) is 4.39 Å². The van der Waals surface area contributed by atoms with Crippen molar-refractivity contribution < 1.29 is 9.18 Å². The van der Waals surface area contributed by atoms with E-state index >= 15 is 0 Å². The molecule has 0 radical (unpaired) electrons. The average Bonchev–Trinajstić information content (AvgIpc) is 2.90. The molecule has 0 saturated carbocycles. The van der Waals surface area contributed by atoms with Gasteiger partial charge in [0.25, 0.3) is 0 Å². The smallest absolute Gasteiger partial charge is 0.229 e. The molecule has 2 bridgehead atoms. The van der Waals surface area contributed by atoms with E-state index in [4.69, 9.17) is 0 Å². The molecule has 2 saturated heterocycles.